The lowest BCUT2D eigenvalue weighted by Gasteiger charge is -2.35. The van der Waals surface area contributed by atoms with E-state index < -0.39 is 0 Å². The second kappa shape index (κ2) is 9.20. The van der Waals surface area contributed by atoms with Crippen LogP contribution >= 0.6 is 12.4 Å². The fraction of sp³-hybridized carbons (Fsp3) is 0.789. The summed E-state index contributed by atoms with van der Waals surface area (Å²) in [4.78, 5) is 17.7. The Hall–Kier alpha value is -1.11. The average molecular weight is 382 g/mol. The summed E-state index contributed by atoms with van der Waals surface area (Å²) in [6.45, 7) is 7.13. The van der Waals surface area contributed by atoms with E-state index in [-0.39, 0.29) is 18.3 Å². The molecule has 0 saturated carbocycles. The van der Waals surface area contributed by atoms with Gasteiger partial charge in [0.2, 0.25) is 0 Å². The summed E-state index contributed by atoms with van der Waals surface area (Å²) in [5, 5.41) is 10.8. The Morgan fingerprint density at radius 1 is 1.12 bits per heavy atom. The topological polar surface area (TPSA) is 64.3 Å². The summed E-state index contributed by atoms with van der Waals surface area (Å²) in [7, 11) is 0. The number of carbonyl (C=O) groups excluding carboxylic acids is 1. The van der Waals surface area contributed by atoms with Crippen LogP contribution in [0.3, 0.4) is 0 Å². The van der Waals surface area contributed by atoms with Crippen LogP contribution in [0, 0.1) is 5.92 Å². The molecule has 1 atom stereocenters. The number of piperidine rings is 1. The Balaban J connectivity index is 0.00000196. The molecule has 0 aromatic carbocycles. The third-order valence-electron chi connectivity index (χ3n) is 6.03. The molecule has 2 saturated heterocycles. The molecule has 0 aliphatic carbocycles. The molecule has 0 bridgehead atoms. The zero-order valence-corrected chi connectivity index (χ0v) is 16.5. The predicted octanol–water partition coefficient (Wildman–Crippen LogP) is 2.21. The van der Waals surface area contributed by atoms with E-state index in [1.807, 2.05) is 0 Å². The van der Waals surface area contributed by atoms with E-state index in [0.29, 0.717) is 11.6 Å². The van der Waals surface area contributed by atoms with Gasteiger partial charge in [0.25, 0.3) is 5.91 Å². The van der Waals surface area contributed by atoms with Gasteiger partial charge in [-0.15, -0.1) is 12.4 Å². The van der Waals surface area contributed by atoms with Crippen molar-refractivity contribution in [2.24, 2.45) is 5.92 Å². The maximum absolute atomic E-state index is 13.0. The number of fused-ring (bicyclic) bond motifs is 1. The molecule has 3 aliphatic heterocycles. The Morgan fingerprint density at radius 2 is 1.92 bits per heavy atom. The van der Waals surface area contributed by atoms with Gasteiger partial charge in [0.1, 0.15) is 0 Å². The molecule has 1 aromatic rings. The molecular formula is C19H32ClN5O. The van der Waals surface area contributed by atoms with Crippen LogP contribution in [0.2, 0.25) is 0 Å². The summed E-state index contributed by atoms with van der Waals surface area (Å²) < 4.78 is 0. The van der Waals surface area contributed by atoms with Gasteiger partial charge in [0.15, 0.2) is 5.69 Å². The largest absolute Gasteiger partial charge is 0.337 e. The molecule has 4 rings (SSSR count). The molecule has 7 heteroatoms. The molecule has 0 spiro atoms. The van der Waals surface area contributed by atoms with Crippen molar-refractivity contribution in [1.82, 2.24) is 25.3 Å². The monoisotopic (exact) mass is 381 g/mol. The van der Waals surface area contributed by atoms with Crippen LogP contribution in [0.1, 0.15) is 60.3 Å². The molecule has 2 fully saturated rings. The highest BCUT2D eigenvalue weighted by Crippen LogP contribution is 2.23. The average Bonchev–Trinajstić information content (AvgIpc) is 2.91. The van der Waals surface area contributed by atoms with Crippen LogP contribution in [-0.4, -0.2) is 65.2 Å². The number of nitrogens with zero attached hydrogens (tertiary/aromatic N) is 3. The van der Waals surface area contributed by atoms with Gasteiger partial charge in [0, 0.05) is 50.4 Å². The van der Waals surface area contributed by atoms with Crippen molar-refractivity contribution in [3.8, 4) is 0 Å². The summed E-state index contributed by atoms with van der Waals surface area (Å²) in [5.74, 6) is 0.741. The number of nitrogens with one attached hydrogen (secondary N) is 2. The van der Waals surface area contributed by atoms with Crippen molar-refractivity contribution in [1.29, 1.82) is 0 Å². The molecular weight excluding hydrogens is 350 g/mol. The predicted molar refractivity (Wildman–Crippen MR) is 105 cm³/mol. The minimum atomic E-state index is 0. The van der Waals surface area contributed by atoms with Gasteiger partial charge in [0.05, 0.1) is 0 Å². The van der Waals surface area contributed by atoms with Crippen molar-refractivity contribution < 1.29 is 4.79 Å². The molecule has 4 heterocycles. The highest BCUT2D eigenvalue weighted by atomic mass is 35.5. The summed E-state index contributed by atoms with van der Waals surface area (Å²) in [5.41, 5.74) is 2.88. The van der Waals surface area contributed by atoms with Gasteiger partial charge in [-0.3, -0.25) is 9.89 Å². The zero-order valence-electron chi connectivity index (χ0n) is 15.6. The summed E-state index contributed by atoms with van der Waals surface area (Å²) in [6, 6.07) is 0. The minimum absolute atomic E-state index is 0. The lowest BCUT2D eigenvalue weighted by atomic mass is 9.96. The van der Waals surface area contributed by atoms with E-state index in [9.17, 15) is 4.79 Å². The first kappa shape index (κ1) is 19.6. The highest BCUT2D eigenvalue weighted by molar-refractivity contribution is 5.94. The third-order valence-corrected chi connectivity index (χ3v) is 6.03. The Kier molecular flexibility index (Phi) is 6.95. The van der Waals surface area contributed by atoms with Crippen molar-refractivity contribution in [3.05, 3.63) is 17.0 Å². The number of amides is 1. The number of aromatic nitrogens is 2. The second-order valence-corrected chi connectivity index (χ2v) is 7.93. The van der Waals surface area contributed by atoms with E-state index in [2.05, 4.69) is 25.3 Å². The number of hydrogen-bond acceptors (Lipinski definition) is 4. The van der Waals surface area contributed by atoms with E-state index in [0.717, 1.165) is 56.8 Å². The van der Waals surface area contributed by atoms with Crippen LogP contribution in [0.5, 0.6) is 0 Å². The van der Waals surface area contributed by atoms with E-state index in [4.69, 9.17) is 0 Å². The third kappa shape index (κ3) is 4.41. The highest BCUT2D eigenvalue weighted by Gasteiger charge is 2.30. The van der Waals surface area contributed by atoms with Crippen LogP contribution in [-0.2, 0) is 13.0 Å². The second-order valence-electron chi connectivity index (χ2n) is 7.93. The maximum atomic E-state index is 13.0. The molecule has 0 radical (unpaired) electrons. The molecule has 6 nitrogen and oxygen atoms in total. The lowest BCUT2D eigenvalue weighted by Crippen LogP contribution is -2.44. The van der Waals surface area contributed by atoms with Gasteiger partial charge in [-0.05, 0) is 44.7 Å². The number of rotatable bonds is 3. The van der Waals surface area contributed by atoms with Gasteiger partial charge in [-0.1, -0.05) is 12.8 Å². The first-order valence-corrected chi connectivity index (χ1v) is 10.1. The number of likely N-dealkylation sites (tertiary alicyclic amines) is 2. The molecule has 1 unspecified atom stereocenters. The normalized spacial score (nSPS) is 24.5. The molecule has 2 N–H and O–H groups in total. The fourth-order valence-electron chi connectivity index (χ4n) is 4.63. The van der Waals surface area contributed by atoms with Crippen molar-refractivity contribution in [2.45, 2.75) is 51.5 Å². The standard InChI is InChI=1S/C19H31N5O.ClH/c25-19(18-16-12-20-8-7-17(16)21-22-18)24-11-5-6-15(14-24)13-23-9-3-1-2-4-10-23;/h15,20H,1-14H2,(H,21,22);1H. The van der Waals surface area contributed by atoms with Crippen LogP contribution in [0.15, 0.2) is 0 Å². The lowest BCUT2D eigenvalue weighted by molar-refractivity contribution is 0.0634. The van der Waals surface area contributed by atoms with Crippen molar-refractivity contribution >= 4 is 18.3 Å². The molecule has 146 valence electrons. The van der Waals surface area contributed by atoms with Gasteiger partial charge in [-0.25, -0.2) is 0 Å². The van der Waals surface area contributed by atoms with Crippen LogP contribution in [0.4, 0.5) is 0 Å². The number of aromatic amines is 1. The Bertz CT molecular complexity index is 597. The van der Waals surface area contributed by atoms with E-state index in [1.54, 1.807) is 0 Å². The Morgan fingerprint density at radius 3 is 2.73 bits per heavy atom. The van der Waals surface area contributed by atoms with E-state index in [1.165, 1.54) is 45.2 Å². The fourth-order valence-corrected chi connectivity index (χ4v) is 4.63. The smallest absolute Gasteiger partial charge is 0.274 e. The molecule has 3 aliphatic rings. The van der Waals surface area contributed by atoms with Crippen molar-refractivity contribution in [2.75, 3.05) is 39.3 Å². The van der Waals surface area contributed by atoms with E-state index >= 15 is 0 Å². The number of H-pyrrole nitrogens is 1. The summed E-state index contributed by atoms with van der Waals surface area (Å²) >= 11 is 0. The number of halogens is 1. The maximum Gasteiger partial charge on any atom is 0.274 e. The first-order chi connectivity index (χ1) is 12.3. The molecule has 26 heavy (non-hydrogen) atoms. The SMILES string of the molecule is Cl.O=C(c1n[nH]c2c1CNCC2)N1CCCC(CN2CCCCCC2)C1. The minimum Gasteiger partial charge on any atom is -0.337 e. The van der Waals surface area contributed by atoms with Gasteiger partial charge < -0.3 is 15.1 Å². The van der Waals surface area contributed by atoms with Crippen LogP contribution < -0.4 is 5.32 Å². The van der Waals surface area contributed by atoms with Gasteiger partial charge >= 0.3 is 0 Å². The zero-order chi connectivity index (χ0) is 17.1. The number of hydrogen-bond donors (Lipinski definition) is 2. The van der Waals surface area contributed by atoms with Gasteiger partial charge in [-0.2, -0.15) is 5.10 Å². The first-order valence-electron chi connectivity index (χ1n) is 10.1. The van der Waals surface area contributed by atoms with Crippen molar-refractivity contribution in [3.63, 3.8) is 0 Å². The quantitative estimate of drug-likeness (QED) is 0.842. The number of carbonyl (C=O) groups is 1. The molecule has 1 amide bonds. The van der Waals surface area contributed by atoms with Crippen LogP contribution in [0.25, 0.3) is 0 Å². The Labute approximate surface area is 162 Å². The molecule has 1 aromatic heterocycles. The summed E-state index contributed by atoms with van der Waals surface area (Å²) in [6.07, 6.45) is 8.74.